The Morgan fingerprint density at radius 2 is 1.92 bits per heavy atom. The number of rotatable bonds is 2. The molecule has 5 nitrogen and oxygen atoms in total. The number of nitrogens with zero attached hydrogens (tertiary/aromatic N) is 2. The van der Waals surface area contributed by atoms with Gasteiger partial charge in [-0.25, -0.2) is 0 Å². The zero-order valence-corrected chi connectivity index (χ0v) is 14.9. The van der Waals surface area contributed by atoms with Crippen molar-refractivity contribution in [3.63, 3.8) is 0 Å². The van der Waals surface area contributed by atoms with Gasteiger partial charge in [-0.2, -0.15) is 0 Å². The number of pyridine rings is 1. The lowest BCUT2D eigenvalue weighted by molar-refractivity contribution is 0.0988. The van der Waals surface area contributed by atoms with Gasteiger partial charge in [0.05, 0.1) is 5.39 Å². The van der Waals surface area contributed by atoms with Gasteiger partial charge in [0.2, 0.25) is 0 Å². The molecular formula is C17H15ClN2O3S. The zero-order chi connectivity index (χ0) is 17.6. The Labute approximate surface area is 147 Å². The maximum Gasteiger partial charge on any atom is 0.268 e. The van der Waals surface area contributed by atoms with Crippen LogP contribution in [0.4, 0.5) is 5.69 Å². The lowest BCUT2D eigenvalue weighted by Gasteiger charge is -2.18. The minimum Gasteiger partial charge on any atom is -0.506 e. The molecule has 7 heteroatoms. The molecule has 2 heterocycles. The fraction of sp³-hybridized carbons (Fsp3) is 0.176. The Morgan fingerprint density at radius 1 is 1.29 bits per heavy atom. The lowest BCUT2D eigenvalue weighted by atomic mass is 10.1. The molecule has 1 amide bonds. The minimum absolute atomic E-state index is 0.232. The van der Waals surface area contributed by atoms with E-state index in [0.29, 0.717) is 20.9 Å². The number of anilines is 1. The van der Waals surface area contributed by atoms with E-state index in [0.717, 1.165) is 5.56 Å². The van der Waals surface area contributed by atoms with E-state index in [1.54, 1.807) is 38.4 Å². The molecule has 0 spiro atoms. The molecule has 3 rings (SSSR count). The third-order valence-corrected chi connectivity index (χ3v) is 5.41. The van der Waals surface area contributed by atoms with Crippen LogP contribution in [0.15, 0.2) is 34.4 Å². The summed E-state index contributed by atoms with van der Waals surface area (Å²) in [5.41, 5.74) is 0.649. The molecule has 0 atom stereocenters. The standard InChI is InChI=1S/C17H15ClN2O3S/c1-9-8-24-17-12(9)14(21)13(16(23)20(17)3)15(22)19(2)11-6-4-10(18)5-7-11/h4-8,21H,1-3H3. The van der Waals surface area contributed by atoms with E-state index in [9.17, 15) is 14.7 Å². The van der Waals surface area contributed by atoms with Gasteiger partial charge in [0.1, 0.15) is 16.1 Å². The van der Waals surface area contributed by atoms with Crippen molar-refractivity contribution < 1.29 is 9.90 Å². The van der Waals surface area contributed by atoms with Crippen LogP contribution < -0.4 is 10.5 Å². The SMILES string of the molecule is Cc1csc2c1c(O)c(C(=O)N(C)c1ccc(Cl)cc1)c(=O)n2C. The second kappa shape index (κ2) is 5.96. The van der Waals surface area contributed by atoms with Crippen LogP contribution in [0.25, 0.3) is 10.2 Å². The van der Waals surface area contributed by atoms with Crippen LogP contribution in [0.3, 0.4) is 0 Å². The first-order valence-corrected chi connectivity index (χ1v) is 8.42. The van der Waals surface area contributed by atoms with Crippen LogP contribution in [-0.2, 0) is 7.05 Å². The van der Waals surface area contributed by atoms with Crippen molar-refractivity contribution in [1.82, 2.24) is 4.57 Å². The minimum atomic E-state index is -0.567. The van der Waals surface area contributed by atoms with Gasteiger partial charge >= 0.3 is 0 Å². The van der Waals surface area contributed by atoms with Gasteiger partial charge in [0.15, 0.2) is 0 Å². The highest BCUT2D eigenvalue weighted by Gasteiger charge is 2.26. The van der Waals surface area contributed by atoms with Crippen molar-refractivity contribution in [2.24, 2.45) is 7.05 Å². The van der Waals surface area contributed by atoms with Gasteiger partial charge < -0.3 is 14.6 Å². The summed E-state index contributed by atoms with van der Waals surface area (Å²) >= 11 is 7.22. The molecule has 0 saturated carbocycles. The van der Waals surface area contributed by atoms with E-state index in [1.165, 1.54) is 20.8 Å². The van der Waals surface area contributed by atoms with Crippen molar-refractivity contribution in [3.05, 3.63) is 56.1 Å². The molecule has 0 unspecified atom stereocenters. The zero-order valence-electron chi connectivity index (χ0n) is 13.3. The highest BCUT2D eigenvalue weighted by molar-refractivity contribution is 7.17. The van der Waals surface area contributed by atoms with Crippen LogP contribution in [-0.4, -0.2) is 22.6 Å². The highest BCUT2D eigenvalue weighted by Crippen LogP contribution is 2.34. The van der Waals surface area contributed by atoms with Crippen LogP contribution >= 0.6 is 22.9 Å². The summed E-state index contributed by atoms with van der Waals surface area (Å²) in [6, 6.07) is 6.67. The molecule has 0 aliphatic rings. The smallest absolute Gasteiger partial charge is 0.268 e. The summed E-state index contributed by atoms with van der Waals surface area (Å²) in [4.78, 5) is 27.4. The summed E-state index contributed by atoms with van der Waals surface area (Å²) in [5, 5.41) is 13.5. The number of aromatic hydroxyl groups is 1. The van der Waals surface area contributed by atoms with Crippen LogP contribution in [0.5, 0.6) is 5.75 Å². The first kappa shape index (κ1) is 16.5. The normalized spacial score (nSPS) is 11.0. The van der Waals surface area contributed by atoms with E-state index >= 15 is 0 Å². The van der Waals surface area contributed by atoms with Gasteiger partial charge in [-0.1, -0.05) is 11.6 Å². The molecule has 1 aromatic carbocycles. The van der Waals surface area contributed by atoms with Crippen LogP contribution in [0.2, 0.25) is 5.02 Å². The van der Waals surface area contributed by atoms with Gasteiger partial charge in [0, 0.05) is 24.8 Å². The van der Waals surface area contributed by atoms with E-state index < -0.39 is 11.5 Å². The van der Waals surface area contributed by atoms with Crippen molar-refractivity contribution in [2.75, 3.05) is 11.9 Å². The Morgan fingerprint density at radius 3 is 2.54 bits per heavy atom. The Balaban J connectivity index is 2.18. The monoisotopic (exact) mass is 362 g/mol. The van der Waals surface area contributed by atoms with E-state index in [2.05, 4.69) is 0 Å². The molecule has 3 aromatic rings. The van der Waals surface area contributed by atoms with Gasteiger partial charge in [-0.3, -0.25) is 9.59 Å². The highest BCUT2D eigenvalue weighted by atomic mass is 35.5. The topological polar surface area (TPSA) is 62.5 Å². The van der Waals surface area contributed by atoms with Crippen molar-refractivity contribution in [3.8, 4) is 5.75 Å². The average molecular weight is 363 g/mol. The second-order valence-corrected chi connectivity index (χ2v) is 6.82. The predicted molar refractivity (Wildman–Crippen MR) is 97.7 cm³/mol. The molecule has 0 radical (unpaired) electrons. The van der Waals surface area contributed by atoms with E-state index in [4.69, 9.17) is 11.6 Å². The number of hydrogen-bond acceptors (Lipinski definition) is 4. The molecule has 1 N–H and O–H groups in total. The quantitative estimate of drug-likeness (QED) is 0.758. The number of thiophene rings is 1. The number of halogens is 1. The van der Waals surface area contributed by atoms with E-state index in [-0.39, 0.29) is 11.3 Å². The third-order valence-electron chi connectivity index (χ3n) is 3.98. The molecule has 124 valence electrons. The summed E-state index contributed by atoms with van der Waals surface area (Å²) in [7, 11) is 3.15. The lowest BCUT2D eigenvalue weighted by Crippen LogP contribution is -2.33. The van der Waals surface area contributed by atoms with E-state index in [1.807, 2.05) is 12.3 Å². The Hall–Kier alpha value is -2.31. The second-order valence-electron chi connectivity index (χ2n) is 5.53. The molecule has 0 aliphatic carbocycles. The molecule has 24 heavy (non-hydrogen) atoms. The number of aryl methyl sites for hydroxylation is 2. The maximum absolute atomic E-state index is 12.8. The molecule has 2 aromatic heterocycles. The summed E-state index contributed by atoms with van der Waals surface area (Å²) in [6.45, 7) is 1.83. The van der Waals surface area contributed by atoms with Gasteiger partial charge in [-0.05, 0) is 42.1 Å². The number of fused-ring (bicyclic) bond motifs is 1. The van der Waals surface area contributed by atoms with Crippen molar-refractivity contribution >= 4 is 44.7 Å². The van der Waals surface area contributed by atoms with Crippen LogP contribution in [0.1, 0.15) is 15.9 Å². The number of aromatic nitrogens is 1. The third kappa shape index (κ3) is 2.48. The van der Waals surface area contributed by atoms with Crippen molar-refractivity contribution in [1.29, 1.82) is 0 Å². The number of carbonyl (C=O) groups excluding carboxylic acids is 1. The Kier molecular flexibility index (Phi) is 4.11. The molecular weight excluding hydrogens is 348 g/mol. The number of amides is 1. The summed E-state index contributed by atoms with van der Waals surface area (Å²) in [6.07, 6.45) is 0. The summed E-state index contributed by atoms with van der Waals surface area (Å²) < 4.78 is 1.40. The predicted octanol–water partition coefficient (Wildman–Crippen LogP) is 3.54. The fourth-order valence-electron chi connectivity index (χ4n) is 2.59. The fourth-order valence-corrected chi connectivity index (χ4v) is 3.74. The summed E-state index contributed by atoms with van der Waals surface area (Å²) in [5.74, 6) is -0.833. The van der Waals surface area contributed by atoms with Crippen LogP contribution in [0, 0.1) is 6.92 Å². The number of benzene rings is 1. The molecule has 0 aliphatic heterocycles. The number of carbonyl (C=O) groups is 1. The first-order valence-electron chi connectivity index (χ1n) is 7.16. The van der Waals surface area contributed by atoms with Crippen molar-refractivity contribution in [2.45, 2.75) is 6.92 Å². The molecule has 0 saturated heterocycles. The van der Waals surface area contributed by atoms with Gasteiger partial charge in [0.25, 0.3) is 11.5 Å². The number of hydrogen-bond donors (Lipinski definition) is 1. The Bertz CT molecular complexity index is 1010. The van der Waals surface area contributed by atoms with Gasteiger partial charge in [-0.15, -0.1) is 11.3 Å². The average Bonchev–Trinajstić information content (AvgIpc) is 2.95. The largest absolute Gasteiger partial charge is 0.506 e. The molecule has 0 fully saturated rings. The first-order chi connectivity index (χ1) is 11.3. The maximum atomic E-state index is 12.8. The molecule has 0 bridgehead atoms.